The highest BCUT2D eigenvalue weighted by atomic mass is 127. The van der Waals surface area contributed by atoms with Gasteiger partial charge in [-0.15, -0.1) is 0 Å². The summed E-state index contributed by atoms with van der Waals surface area (Å²) >= 11 is 4.48. The molecular weight excluding hydrogens is 638 g/mol. The van der Waals surface area contributed by atoms with E-state index in [0.29, 0.717) is 30.3 Å². The van der Waals surface area contributed by atoms with E-state index in [1.54, 1.807) is 18.3 Å². The van der Waals surface area contributed by atoms with Gasteiger partial charge in [-0.05, 0) is 87.5 Å². The number of hydrogen-bond donors (Lipinski definition) is 0. The van der Waals surface area contributed by atoms with Crippen LogP contribution in [0.2, 0.25) is 0 Å². The topological polar surface area (TPSA) is 83.2 Å². The van der Waals surface area contributed by atoms with Crippen molar-refractivity contribution in [3.8, 4) is 11.5 Å². The van der Waals surface area contributed by atoms with Gasteiger partial charge in [0.2, 0.25) is 0 Å². The zero-order chi connectivity index (χ0) is 22.9. The summed E-state index contributed by atoms with van der Waals surface area (Å²) in [6.45, 7) is 2.98. The number of non-ortho nitro benzene ring substituents is 1. The number of ether oxygens (including phenoxy) is 2. The van der Waals surface area contributed by atoms with Gasteiger partial charge >= 0.3 is 0 Å². The maximum Gasteiger partial charge on any atom is 0.269 e. The molecule has 0 aliphatic heterocycles. The number of benzene rings is 3. The van der Waals surface area contributed by atoms with Crippen molar-refractivity contribution in [3.05, 3.63) is 94.6 Å². The van der Waals surface area contributed by atoms with Crippen molar-refractivity contribution in [2.24, 2.45) is 5.16 Å². The lowest BCUT2D eigenvalue weighted by molar-refractivity contribution is -0.384. The van der Waals surface area contributed by atoms with Gasteiger partial charge in [0.15, 0.2) is 11.5 Å². The van der Waals surface area contributed by atoms with Crippen molar-refractivity contribution in [2.75, 3.05) is 6.61 Å². The SMILES string of the molecule is CCOc1cc(/C=N\OCc2cccc([N+](=O)[O-])c2)cc(I)c1OCc1ccc(I)cc1. The molecule has 0 radical (unpaired) electrons. The number of nitrogens with zero attached hydrogens (tertiary/aromatic N) is 2. The Kier molecular flexibility index (Phi) is 9.09. The molecular formula is C23H20I2N2O5. The van der Waals surface area contributed by atoms with Crippen LogP contribution in [0.15, 0.2) is 65.8 Å². The lowest BCUT2D eigenvalue weighted by Gasteiger charge is -2.14. The minimum Gasteiger partial charge on any atom is -0.490 e. The Hall–Kier alpha value is -2.41. The third-order valence-electron chi connectivity index (χ3n) is 4.26. The average Bonchev–Trinajstić information content (AvgIpc) is 2.78. The number of oxime groups is 1. The molecule has 0 unspecified atom stereocenters. The first-order valence-electron chi connectivity index (χ1n) is 9.68. The van der Waals surface area contributed by atoms with Crippen molar-refractivity contribution in [1.29, 1.82) is 0 Å². The summed E-state index contributed by atoms with van der Waals surface area (Å²) in [6.07, 6.45) is 1.57. The molecule has 32 heavy (non-hydrogen) atoms. The molecule has 3 aromatic carbocycles. The van der Waals surface area contributed by atoms with Crippen LogP contribution in [0.1, 0.15) is 23.6 Å². The third-order valence-corrected chi connectivity index (χ3v) is 5.78. The van der Waals surface area contributed by atoms with Crippen molar-refractivity contribution < 1.29 is 19.2 Å². The maximum atomic E-state index is 10.9. The number of nitro benzene ring substituents is 1. The van der Waals surface area contributed by atoms with Crippen molar-refractivity contribution in [2.45, 2.75) is 20.1 Å². The molecule has 0 atom stereocenters. The first-order valence-corrected chi connectivity index (χ1v) is 11.8. The minimum atomic E-state index is -0.438. The fourth-order valence-corrected chi connectivity index (χ4v) is 3.91. The van der Waals surface area contributed by atoms with Gasteiger partial charge in [0, 0.05) is 21.3 Å². The largest absolute Gasteiger partial charge is 0.490 e. The van der Waals surface area contributed by atoms with Crippen LogP contribution in [0.5, 0.6) is 11.5 Å². The van der Waals surface area contributed by atoms with E-state index in [1.165, 1.54) is 15.7 Å². The molecule has 0 aliphatic carbocycles. The zero-order valence-corrected chi connectivity index (χ0v) is 21.5. The van der Waals surface area contributed by atoms with Crippen molar-refractivity contribution >= 4 is 57.1 Å². The summed E-state index contributed by atoms with van der Waals surface area (Å²) in [5.41, 5.74) is 2.55. The smallest absolute Gasteiger partial charge is 0.269 e. The Morgan fingerprint density at radius 1 is 1.00 bits per heavy atom. The maximum absolute atomic E-state index is 10.9. The summed E-state index contributed by atoms with van der Waals surface area (Å²) < 4.78 is 13.9. The molecule has 0 saturated heterocycles. The molecule has 0 amide bonds. The van der Waals surface area contributed by atoms with Gasteiger partial charge < -0.3 is 14.3 Å². The Labute approximate surface area is 213 Å². The lowest BCUT2D eigenvalue weighted by atomic mass is 10.2. The highest BCUT2D eigenvalue weighted by molar-refractivity contribution is 14.1. The van der Waals surface area contributed by atoms with Crippen LogP contribution in [0.4, 0.5) is 5.69 Å². The van der Waals surface area contributed by atoms with E-state index in [1.807, 2.05) is 43.3 Å². The van der Waals surface area contributed by atoms with E-state index < -0.39 is 4.92 Å². The predicted molar refractivity (Wildman–Crippen MR) is 139 cm³/mol. The Bertz CT molecular complexity index is 1100. The third kappa shape index (κ3) is 7.05. The number of hydrogen-bond acceptors (Lipinski definition) is 6. The molecule has 0 bridgehead atoms. The molecule has 0 heterocycles. The number of rotatable bonds is 10. The van der Waals surface area contributed by atoms with E-state index in [0.717, 1.165) is 14.7 Å². The van der Waals surface area contributed by atoms with Gasteiger partial charge in [-0.25, -0.2) is 0 Å². The second-order valence-electron chi connectivity index (χ2n) is 6.61. The van der Waals surface area contributed by atoms with Crippen molar-refractivity contribution in [1.82, 2.24) is 0 Å². The highest BCUT2D eigenvalue weighted by Gasteiger charge is 2.12. The van der Waals surface area contributed by atoms with Crippen LogP contribution in [0.3, 0.4) is 0 Å². The van der Waals surface area contributed by atoms with E-state index in [9.17, 15) is 10.1 Å². The molecule has 166 valence electrons. The minimum absolute atomic E-state index is 0.0202. The molecule has 9 heteroatoms. The predicted octanol–water partition coefficient (Wildman–Crippen LogP) is 6.33. The second-order valence-corrected chi connectivity index (χ2v) is 9.02. The normalized spacial score (nSPS) is 10.8. The Morgan fingerprint density at radius 3 is 2.50 bits per heavy atom. The summed E-state index contributed by atoms with van der Waals surface area (Å²) in [7, 11) is 0. The van der Waals surface area contributed by atoms with Gasteiger partial charge in [-0.1, -0.05) is 29.4 Å². The highest BCUT2D eigenvalue weighted by Crippen LogP contribution is 2.34. The Morgan fingerprint density at radius 2 is 1.78 bits per heavy atom. The average molecular weight is 658 g/mol. The summed E-state index contributed by atoms with van der Waals surface area (Å²) in [5.74, 6) is 1.31. The van der Waals surface area contributed by atoms with Gasteiger partial charge in [-0.2, -0.15) is 0 Å². The van der Waals surface area contributed by atoms with Gasteiger partial charge in [0.25, 0.3) is 5.69 Å². The van der Waals surface area contributed by atoms with Crippen LogP contribution < -0.4 is 9.47 Å². The van der Waals surface area contributed by atoms with Gasteiger partial charge in [0.1, 0.15) is 13.2 Å². The zero-order valence-electron chi connectivity index (χ0n) is 17.2. The molecule has 0 N–H and O–H groups in total. The number of nitro groups is 1. The molecule has 0 spiro atoms. The van der Waals surface area contributed by atoms with Crippen LogP contribution in [-0.4, -0.2) is 17.7 Å². The van der Waals surface area contributed by atoms with E-state index in [4.69, 9.17) is 14.3 Å². The van der Waals surface area contributed by atoms with Crippen LogP contribution >= 0.6 is 45.2 Å². The molecule has 0 fully saturated rings. The van der Waals surface area contributed by atoms with E-state index in [2.05, 4.69) is 50.3 Å². The summed E-state index contributed by atoms with van der Waals surface area (Å²) in [5, 5.41) is 14.9. The lowest BCUT2D eigenvalue weighted by Crippen LogP contribution is -2.02. The van der Waals surface area contributed by atoms with Crippen LogP contribution in [0, 0.1) is 17.3 Å². The van der Waals surface area contributed by atoms with Crippen LogP contribution in [0.25, 0.3) is 0 Å². The fraction of sp³-hybridized carbons (Fsp3) is 0.174. The molecule has 3 aromatic rings. The Balaban J connectivity index is 1.67. The fourth-order valence-electron chi connectivity index (χ4n) is 2.77. The number of halogens is 2. The van der Waals surface area contributed by atoms with E-state index >= 15 is 0 Å². The molecule has 3 rings (SSSR count). The monoisotopic (exact) mass is 658 g/mol. The van der Waals surface area contributed by atoms with Gasteiger partial charge in [-0.3, -0.25) is 10.1 Å². The standard InChI is InChI=1S/C23H20I2N2O5/c1-2-30-22-12-18(13-26-32-15-17-4-3-5-20(10-17)27(28)29)11-21(25)23(22)31-14-16-6-8-19(24)9-7-16/h3-13H,2,14-15H2,1H3/b26-13-. The first kappa shape index (κ1) is 24.2. The van der Waals surface area contributed by atoms with Gasteiger partial charge in [0.05, 0.1) is 21.3 Å². The molecule has 0 saturated carbocycles. The molecule has 0 aliphatic rings. The summed E-state index contributed by atoms with van der Waals surface area (Å²) in [6, 6.07) is 18.2. The second kappa shape index (κ2) is 12.0. The van der Waals surface area contributed by atoms with E-state index in [-0.39, 0.29) is 12.3 Å². The van der Waals surface area contributed by atoms with Crippen LogP contribution in [-0.2, 0) is 18.1 Å². The molecule has 7 nitrogen and oxygen atoms in total. The van der Waals surface area contributed by atoms with Crippen molar-refractivity contribution in [3.63, 3.8) is 0 Å². The molecule has 0 aromatic heterocycles. The quantitative estimate of drug-likeness (QED) is 0.110. The summed E-state index contributed by atoms with van der Waals surface area (Å²) in [4.78, 5) is 15.7. The first-order chi connectivity index (χ1) is 15.5.